The van der Waals surface area contributed by atoms with Crippen LogP contribution < -0.4 is 0 Å². The molecule has 1 saturated heterocycles. The molecule has 0 N–H and O–H groups in total. The molecule has 3 aromatic rings. The summed E-state index contributed by atoms with van der Waals surface area (Å²) < 4.78 is 1.39. The summed E-state index contributed by atoms with van der Waals surface area (Å²) in [6, 6.07) is 13.3. The lowest BCUT2D eigenvalue weighted by atomic mass is 9.96. The molecule has 0 radical (unpaired) electrons. The first kappa shape index (κ1) is 21.7. The number of rotatable bonds is 5. The van der Waals surface area contributed by atoms with Crippen LogP contribution in [-0.2, 0) is 24.1 Å². The number of carbonyl (C=O) groups is 1. The van der Waals surface area contributed by atoms with Gasteiger partial charge in [-0.3, -0.25) is 4.79 Å². The Labute approximate surface area is 196 Å². The number of nitrogens with zero attached hydrogens (tertiary/aromatic N) is 2. The zero-order valence-corrected chi connectivity index (χ0v) is 20.2. The van der Waals surface area contributed by atoms with E-state index in [0.29, 0.717) is 18.2 Å². The first-order valence-electron chi connectivity index (χ1n) is 12.1. The summed E-state index contributed by atoms with van der Waals surface area (Å²) in [4.78, 5) is 17.8. The Morgan fingerprint density at radius 1 is 1.06 bits per heavy atom. The number of aryl methyl sites for hydroxylation is 2. The van der Waals surface area contributed by atoms with E-state index in [1.54, 1.807) is 0 Å². The van der Waals surface area contributed by atoms with E-state index < -0.39 is 0 Å². The fraction of sp³-hybridized carbons (Fsp3) is 0.464. The van der Waals surface area contributed by atoms with E-state index in [0.717, 1.165) is 39.0 Å². The Kier molecular flexibility index (Phi) is 6.34. The van der Waals surface area contributed by atoms with Crippen LogP contribution in [0.25, 0.3) is 10.1 Å². The highest BCUT2D eigenvalue weighted by Gasteiger charge is 2.26. The highest BCUT2D eigenvalue weighted by molar-refractivity contribution is 7.17. The van der Waals surface area contributed by atoms with Crippen LogP contribution >= 0.6 is 11.3 Å². The molecule has 32 heavy (non-hydrogen) atoms. The molecule has 0 bridgehead atoms. The number of piperidine rings is 1. The molecule has 2 aliphatic rings. The summed E-state index contributed by atoms with van der Waals surface area (Å²) in [7, 11) is 0. The number of hydrogen-bond donors (Lipinski definition) is 0. The van der Waals surface area contributed by atoms with Crippen molar-refractivity contribution in [2.24, 2.45) is 5.92 Å². The third-order valence-electron chi connectivity index (χ3n) is 7.50. The Hall–Kier alpha value is -2.17. The van der Waals surface area contributed by atoms with Crippen LogP contribution in [0, 0.1) is 19.8 Å². The van der Waals surface area contributed by atoms with E-state index in [2.05, 4.69) is 65.4 Å². The van der Waals surface area contributed by atoms with Gasteiger partial charge in [-0.2, -0.15) is 0 Å². The van der Waals surface area contributed by atoms with Gasteiger partial charge in [0, 0.05) is 30.9 Å². The molecular formula is C28H34N2OS. The first-order valence-corrected chi connectivity index (χ1v) is 13.0. The number of hydrogen-bond acceptors (Lipinski definition) is 3. The fourth-order valence-electron chi connectivity index (χ4n) is 5.50. The molecule has 1 unspecified atom stereocenters. The quantitative estimate of drug-likeness (QED) is 0.524. The number of carbonyl (C=O) groups excluding carboxylic acids is 1. The highest BCUT2D eigenvalue weighted by Crippen LogP contribution is 2.27. The number of benzene rings is 2. The summed E-state index contributed by atoms with van der Waals surface area (Å²) in [5.74, 6) is 0.908. The minimum absolute atomic E-state index is 0.314. The molecule has 2 aliphatic heterocycles. The molecule has 4 heteroatoms. The molecule has 168 valence electrons. The van der Waals surface area contributed by atoms with Gasteiger partial charge in [0.15, 0.2) is 0 Å². The molecule has 0 saturated carbocycles. The van der Waals surface area contributed by atoms with Crippen molar-refractivity contribution in [1.82, 2.24) is 9.80 Å². The monoisotopic (exact) mass is 446 g/mol. The zero-order valence-electron chi connectivity index (χ0n) is 19.4. The van der Waals surface area contributed by atoms with E-state index in [1.165, 1.54) is 57.3 Å². The van der Waals surface area contributed by atoms with Crippen molar-refractivity contribution >= 4 is 27.3 Å². The Morgan fingerprint density at radius 2 is 1.88 bits per heavy atom. The minimum atomic E-state index is 0.314. The van der Waals surface area contributed by atoms with Gasteiger partial charge in [-0.25, -0.2) is 0 Å². The van der Waals surface area contributed by atoms with Gasteiger partial charge in [0.05, 0.1) is 6.42 Å². The molecule has 2 aromatic carbocycles. The number of thiophene rings is 1. The SMILES string of the molecule is Cc1cc2c(cc1C)CC(=O)N(CC1CCCN(CCc3csc4ccccc34)C1)CC2. The van der Waals surface area contributed by atoms with E-state index in [4.69, 9.17) is 0 Å². The van der Waals surface area contributed by atoms with Crippen molar-refractivity contribution in [3.8, 4) is 0 Å². The summed E-state index contributed by atoms with van der Waals surface area (Å²) >= 11 is 1.86. The molecule has 1 amide bonds. The Morgan fingerprint density at radius 3 is 2.75 bits per heavy atom. The largest absolute Gasteiger partial charge is 0.342 e. The van der Waals surface area contributed by atoms with E-state index in [9.17, 15) is 4.79 Å². The van der Waals surface area contributed by atoms with Crippen LogP contribution in [0.4, 0.5) is 0 Å². The lowest BCUT2D eigenvalue weighted by molar-refractivity contribution is -0.131. The average Bonchev–Trinajstić information content (AvgIpc) is 3.15. The minimum Gasteiger partial charge on any atom is -0.342 e. The average molecular weight is 447 g/mol. The van der Waals surface area contributed by atoms with Gasteiger partial charge in [-0.1, -0.05) is 30.3 Å². The van der Waals surface area contributed by atoms with Crippen LogP contribution in [0.3, 0.4) is 0 Å². The molecule has 3 heterocycles. The molecule has 3 nitrogen and oxygen atoms in total. The molecular weight excluding hydrogens is 412 g/mol. The maximum atomic E-state index is 13.0. The van der Waals surface area contributed by atoms with Crippen LogP contribution in [0.1, 0.15) is 40.7 Å². The second-order valence-electron chi connectivity index (χ2n) is 9.79. The van der Waals surface area contributed by atoms with Crippen molar-refractivity contribution in [3.63, 3.8) is 0 Å². The number of likely N-dealkylation sites (tertiary alicyclic amines) is 1. The van der Waals surface area contributed by atoms with Gasteiger partial charge in [-0.05, 0) is 96.6 Å². The lowest BCUT2D eigenvalue weighted by Gasteiger charge is -2.35. The zero-order chi connectivity index (χ0) is 22.1. The van der Waals surface area contributed by atoms with Gasteiger partial charge < -0.3 is 9.80 Å². The van der Waals surface area contributed by atoms with Crippen molar-refractivity contribution < 1.29 is 4.79 Å². The van der Waals surface area contributed by atoms with Crippen LogP contribution in [0.2, 0.25) is 0 Å². The molecule has 1 fully saturated rings. The van der Waals surface area contributed by atoms with Gasteiger partial charge in [0.1, 0.15) is 0 Å². The predicted molar refractivity (Wildman–Crippen MR) is 135 cm³/mol. The fourth-order valence-corrected chi connectivity index (χ4v) is 6.50. The molecule has 0 spiro atoms. The normalized spacial score (nSPS) is 19.9. The van der Waals surface area contributed by atoms with Gasteiger partial charge in [0.2, 0.25) is 5.91 Å². The predicted octanol–water partition coefficient (Wildman–Crippen LogP) is 5.40. The van der Waals surface area contributed by atoms with E-state index >= 15 is 0 Å². The van der Waals surface area contributed by atoms with Crippen molar-refractivity contribution in [2.45, 2.75) is 46.0 Å². The van der Waals surface area contributed by atoms with Crippen LogP contribution in [-0.4, -0.2) is 48.4 Å². The summed E-state index contributed by atoms with van der Waals surface area (Å²) in [5.41, 5.74) is 6.74. The van der Waals surface area contributed by atoms with Gasteiger partial charge in [-0.15, -0.1) is 11.3 Å². The summed E-state index contributed by atoms with van der Waals surface area (Å²) in [6.07, 6.45) is 5.16. The van der Waals surface area contributed by atoms with Crippen molar-refractivity contribution in [2.75, 3.05) is 32.7 Å². The maximum Gasteiger partial charge on any atom is 0.227 e. The number of fused-ring (bicyclic) bond motifs is 2. The maximum absolute atomic E-state index is 13.0. The lowest BCUT2D eigenvalue weighted by Crippen LogP contribution is -2.43. The topological polar surface area (TPSA) is 23.6 Å². The summed E-state index contributed by atoms with van der Waals surface area (Å²) in [5, 5.41) is 3.76. The molecule has 1 aromatic heterocycles. The second kappa shape index (κ2) is 9.36. The highest BCUT2D eigenvalue weighted by atomic mass is 32.1. The third kappa shape index (κ3) is 4.62. The molecule has 5 rings (SSSR count). The second-order valence-corrected chi connectivity index (χ2v) is 10.7. The number of amides is 1. The molecule has 1 atom stereocenters. The van der Waals surface area contributed by atoms with Crippen molar-refractivity contribution in [3.05, 3.63) is 69.6 Å². The first-order chi connectivity index (χ1) is 15.6. The Balaban J connectivity index is 1.18. The van der Waals surface area contributed by atoms with Gasteiger partial charge >= 0.3 is 0 Å². The van der Waals surface area contributed by atoms with Crippen LogP contribution in [0.15, 0.2) is 41.8 Å². The van der Waals surface area contributed by atoms with E-state index in [-0.39, 0.29) is 0 Å². The summed E-state index contributed by atoms with van der Waals surface area (Å²) in [6.45, 7) is 9.55. The van der Waals surface area contributed by atoms with Crippen molar-refractivity contribution in [1.29, 1.82) is 0 Å². The van der Waals surface area contributed by atoms with Crippen LogP contribution in [0.5, 0.6) is 0 Å². The van der Waals surface area contributed by atoms with E-state index in [1.807, 2.05) is 11.3 Å². The molecule has 0 aliphatic carbocycles. The van der Waals surface area contributed by atoms with Gasteiger partial charge in [0.25, 0.3) is 0 Å². The smallest absolute Gasteiger partial charge is 0.227 e. The standard InChI is InChI=1S/C28H34N2OS/c1-20-14-23-10-13-30(28(31)16-25(23)15-21(20)2)18-22-6-5-11-29(17-22)12-9-24-19-32-27-8-4-3-7-26(24)27/h3-4,7-8,14-15,19,22H,5-6,9-13,16-18H2,1-2H3. The third-order valence-corrected chi connectivity index (χ3v) is 8.51. The Bertz CT molecular complexity index is 1120.